The summed E-state index contributed by atoms with van der Waals surface area (Å²) in [5, 5.41) is 12.0. The van der Waals surface area contributed by atoms with Gasteiger partial charge in [-0.3, -0.25) is 4.98 Å². The van der Waals surface area contributed by atoms with Crippen LogP contribution in [0.15, 0.2) is 36.5 Å². The number of ether oxygens (including phenoxy) is 2. The molecule has 1 saturated heterocycles. The summed E-state index contributed by atoms with van der Waals surface area (Å²) in [6.45, 7) is 3.81. The molecule has 1 aromatic heterocycles. The van der Waals surface area contributed by atoms with E-state index >= 15 is 0 Å². The molecule has 3 rings (SSSR count). The molecule has 1 fully saturated rings. The fourth-order valence-corrected chi connectivity index (χ4v) is 3.06. The van der Waals surface area contributed by atoms with Crippen molar-refractivity contribution in [3.8, 4) is 0 Å². The van der Waals surface area contributed by atoms with Gasteiger partial charge in [-0.15, -0.1) is 0 Å². The first kappa shape index (κ1) is 14.4. The Morgan fingerprint density at radius 3 is 2.90 bits per heavy atom. The number of benzene rings is 1. The molecule has 1 aliphatic heterocycles. The molecule has 4 nitrogen and oxygen atoms in total. The third-order valence-electron chi connectivity index (χ3n) is 4.21. The number of aliphatic hydroxyl groups is 1. The largest absolute Gasteiger partial charge is 0.385 e. The molecule has 2 aromatic rings. The summed E-state index contributed by atoms with van der Waals surface area (Å²) >= 11 is 0. The summed E-state index contributed by atoms with van der Waals surface area (Å²) in [6.07, 6.45) is 2.53. The van der Waals surface area contributed by atoms with E-state index in [2.05, 4.69) is 4.98 Å². The minimum atomic E-state index is -0.659. The van der Waals surface area contributed by atoms with Gasteiger partial charge in [0.1, 0.15) is 11.7 Å². The number of aliphatic hydroxyl groups excluding tert-OH is 1. The molecule has 0 amide bonds. The summed E-state index contributed by atoms with van der Waals surface area (Å²) in [7, 11) is 0. The van der Waals surface area contributed by atoms with Gasteiger partial charge in [-0.1, -0.05) is 18.2 Å². The molecule has 4 heteroatoms. The Hall–Kier alpha value is -1.49. The van der Waals surface area contributed by atoms with Crippen molar-refractivity contribution < 1.29 is 14.6 Å². The monoisotopic (exact) mass is 287 g/mol. The molecule has 1 atom stereocenters. The van der Waals surface area contributed by atoms with Crippen molar-refractivity contribution in [3.63, 3.8) is 0 Å². The van der Waals surface area contributed by atoms with Crippen molar-refractivity contribution in [1.29, 1.82) is 0 Å². The van der Waals surface area contributed by atoms with Gasteiger partial charge in [0.15, 0.2) is 0 Å². The Balaban J connectivity index is 1.95. The van der Waals surface area contributed by atoms with Gasteiger partial charge in [-0.05, 0) is 24.6 Å². The van der Waals surface area contributed by atoms with E-state index in [0.717, 1.165) is 16.5 Å². The smallest absolute Gasteiger partial charge is 0.108 e. The lowest BCUT2D eigenvalue weighted by atomic mass is 9.84. The molecule has 1 aromatic carbocycles. The van der Waals surface area contributed by atoms with Crippen molar-refractivity contribution >= 4 is 10.9 Å². The summed E-state index contributed by atoms with van der Waals surface area (Å²) in [4.78, 5) is 4.36. The number of hydrogen-bond acceptors (Lipinski definition) is 4. The summed E-state index contributed by atoms with van der Waals surface area (Å²) < 4.78 is 11.4. The molecule has 112 valence electrons. The van der Waals surface area contributed by atoms with E-state index in [9.17, 15) is 5.11 Å². The van der Waals surface area contributed by atoms with E-state index in [0.29, 0.717) is 32.7 Å². The molecular weight excluding hydrogens is 266 g/mol. The van der Waals surface area contributed by atoms with Gasteiger partial charge in [-0.25, -0.2) is 0 Å². The quantitative estimate of drug-likeness (QED) is 0.939. The molecule has 0 aliphatic carbocycles. The van der Waals surface area contributed by atoms with E-state index in [1.54, 1.807) is 6.20 Å². The van der Waals surface area contributed by atoms with Gasteiger partial charge in [0.05, 0.1) is 5.52 Å². The predicted molar refractivity (Wildman–Crippen MR) is 81.1 cm³/mol. The predicted octanol–water partition coefficient (Wildman–Crippen LogP) is 2.85. The first-order chi connectivity index (χ1) is 10.2. The van der Waals surface area contributed by atoms with E-state index < -0.39 is 11.7 Å². The maximum Gasteiger partial charge on any atom is 0.108 e. The van der Waals surface area contributed by atoms with E-state index in [-0.39, 0.29) is 0 Å². The van der Waals surface area contributed by atoms with Crippen LogP contribution in [0.1, 0.15) is 31.4 Å². The molecule has 1 unspecified atom stereocenters. The van der Waals surface area contributed by atoms with Crippen molar-refractivity contribution in [2.24, 2.45) is 0 Å². The molecule has 0 spiro atoms. The van der Waals surface area contributed by atoms with Crippen LogP contribution in [-0.2, 0) is 9.47 Å². The Bertz CT molecular complexity index is 602. The molecule has 0 bridgehead atoms. The third-order valence-corrected chi connectivity index (χ3v) is 4.21. The Labute approximate surface area is 124 Å². The number of hydrogen-bond donors (Lipinski definition) is 1. The van der Waals surface area contributed by atoms with Gasteiger partial charge in [0.2, 0.25) is 0 Å². The highest BCUT2D eigenvalue weighted by molar-refractivity contribution is 5.79. The highest BCUT2D eigenvalue weighted by atomic mass is 16.5. The molecule has 1 N–H and O–H groups in total. The second-order valence-corrected chi connectivity index (χ2v) is 5.47. The normalized spacial score (nSPS) is 19.5. The van der Waals surface area contributed by atoms with Crippen molar-refractivity contribution in [3.05, 3.63) is 42.1 Å². The van der Waals surface area contributed by atoms with Crippen LogP contribution >= 0.6 is 0 Å². The van der Waals surface area contributed by atoms with Crippen LogP contribution in [0.5, 0.6) is 0 Å². The average molecular weight is 287 g/mol. The lowest BCUT2D eigenvalue weighted by Crippen LogP contribution is -2.44. The Kier molecular flexibility index (Phi) is 4.19. The van der Waals surface area contributed by atoms with Crippen LogP contribution in [0.25, 0.3) is 10.9 Å². The first-order valence-corrected chi connectivity index (χ1v) is 7.50. The number of fused-ring (bicyclic) bond motifs is 1. The van der Waals surface area contributed by atoms with Crippen LogP contribution in [0, 0.1) is 0 Å². The molecule has 0 saturated carbocycles. The minimum absolute atomic E-state index is 0.546. The van der Waals surface area contributed by atoms with Gasteiger partial charge in [0.25, 0.3) is 0 Å². The van der Waals surface area contributed by atoms with Crippen LogP contribution in [0.3, 0.4) is 0 Å². The number of rotatable bonds is 4. The lowest BCUT2D eigenvalue weighted by molar-refractivity contribution is -0.167. The highest BCUT2D eigenvalue weighted by Gasteiger charge is 2.41. The topological polar surface area (TPSA) is 51.6 Å². The summed E-state index contributed by atoms with van der Waals surface area (Å²) in [5.41, 5.74) is 1.21. The fraction of sp³-hybridized carbons (Fsp3) is 0.471. The Morgan fingerprint density at radius 2 is 2.14 bits per heavy atom. The summed E-state index contributed by atoms with van der Waals surface area (Å²) in [5.74, 6) is 0. The second-order valence-electron chi connectivity index (χ2n) is 5.47. The minimum Gasteiger partial charge on any atom is -0.385 e. The van der Waals surface area contributed by atoms with Crippen LogP contribution in [-0.4, -0.2) is 35.5 Å². The molecule has 21 heavy (non-hydrogen) atoms. The van der Waals surface area contributed by atoms with Crippen molar-refractivity contribution in [1.82, 2.24) is 4.98 Å². The maximum absolute atomic E-state index is 10.9. The zero-order chi connectivity index (χ0) is 14.7. The van der Waals surface area contributed by atoms with Crippen molar-refractivity contribution in [2.45, 2.75) is 31.5 Å². The van der Waals surface area contributed by atoms with E-state index in [1.165, 1.54) is 0 Å². The fourth-order valence-electron chi connectivity index (χ4n) is 3.06. The van der Waals surface area contributed by atoms with Crippen LogP contribution in [0.2, 0.25) is 0 Å². The van der Waals surface area contributed by atoms with Gasteiger partial charge < -0.3 is 14.6 Å². The molecule has 2 heterocycles. The SMILES string of the molecule is CCOC1(C(O)c2ccc3cccnc3c2)CCOCC1. The van der Waals surface area contributed by atoms with Crippen LogP contribution in [0.4, 0.5) is 0 Å². The zero-order valence-corrected chi connectivity index (χ0v) is 12.3. The second kappa shape index (κ2) is 6.10. The molecule has 0 radical (unpaired) electrons. The standard InChI is InChI=1S/C17H21NO3/c1-2-21-17(7-10-20-11-8-17)16(19)14-6-5-13-4-3-9-18-15(13)12-14/h3-6,9,12,16,19H,2,7-8,10-11H2,1H3. The van der Waals surface area contributed by atoms with E-state index in [1.807, 2.05) is 37.3 Å². The van der Waals surface area contributed by atoms with Gasteiger partial charge >= 0.3 is 0 Å². The average Bonchev–Trinajstić information content (AvgIpc) is 2.55. The highest BCUT2D eigenvalue weighted by Crippen LogP contribution is 2.38. The Morgan fingerprint density at radius 1 is 1.33 bits per heavy atom. The number of aromatic nitrogens is 1. The molecular formula is C17H21NO3. The maximum atomic E-state index is 10.9. The molecule has 1 aliphatic rings. The summed E-state index contributed by atoms with van der Waals surface area (Å²) in [6, 6.07) is 9.85. The third kappa shape index (κ3) is 2.79. The van der Waals surface area contributed by atoms with Gasteiger partial charge in [-0.2, -0.15) is 0 Å². The van der Waals surface area contributed by atoms with Crippen molar-refractivity contribution in [2.75, 3.05) is 19.8 Å². The zero-order valence-electron chi connectivity index (χ0n) is 12.3. The first-order valence-electron chi connectivity index (χ1n) is 7.50. The lowest BCUT2D eigenvalue weighted by Gasteiger charge is -2.40. The van der Waals surface area contributed by atoms with Crippen LogP contribution < -0.4 is 0 Å². The number of nitrogens with zero attached hydrogens (tertiary/aromatic N) is 1. The van der Waals surface area contributed by atoms with Gasteiger partial charge in [0, 0.05) is 44.2 Å². The number of pyridine rings is 1. The van der Waals surface area contributed by atoms with E-state index in [4.69, 9.17) is 9.47 Å².